The lowest BCUT2D eigenvalue weighted by Crippen LogP contribution is -2.09. The fourth-order valence-corrected chi connectivity index (χ4v) is 0.754. The number of H-pyrrole nitrogens is 1. The largest absolute Gasteiger partial charge is 0.364 e. The fourth-order valence-electron chi connectivity index (χ4n) is 0.659. The topological polar surface area (TPSA) is 27.8 Å². The molecule has 0 saturated carbocycles. The third-order valence-electron chi connectivity index (χ3n) is 1.07. The number of hydrogen-bond donors (Lipinski definition) is 2. The third-order valence-corrected chi connectivity index (χ3v) is 1.26. The molecule has 1 aromatic rings. The molecule has 0 aromatic carbocycles. The van der Waals surface area contributed by atoms with Crippen LogP contribution in [0.25, 0.3) is 0 Å². The van der Waals surface area contributed by atoms with E-state index in [0.29, 0.717) is 6.00 Å². The van der Waals surface area contributed by atoms with Gasteiger partial charge < -0.3 is 4.98 Å². The van der Waals surface area contributed by atoms with Crippen molar-refractivity contribution in [2.45, 2.75) is 6.54 Å². The molecule has 0 radical (unpaired) electrons. The van der Waals surface area contributed by atoms with Gasteiger partial charge in [-0.3, -0.25) is 5.32 Å². The second-order valence-electron chi connectivity index (χ2n) is 1.76. The summed E-state index contributed by atoms with van der Waals surface area (Å²) in [5, 5.41) is 2.98. The van der Waals surface area contributed by atoms with E-state index >= 15 is 0 Å². The summed E-state index contributed by atoms with van der Waals surface area (Å²) in [6.45, 7) is 0.816. The predicted octanol–water partition coefficient (Wildman–Crippen LogP) is 1.30. The normalized spacial score (nSPS) is 9.89. The van der Waals surface area contributed by atoms with Crippen LogP contribution in [0.2, 0.25) is 0 Å². The van der Waals surface area contributed by atoms with Crippen LogP contribution in [-0.2, 0) is 6.54 Å². The molecule has 2 N–H and O–H groups in total. The van der Waals surface area contributed by atoms with Crippen LogP contribution in [0.5, 0.6) is 0 Å². The Balaban J connectivity index is 2.30. The van der Waals surface area contributed by atoms with Crippen molar-refractivity contribution in [1.29, 1.82) is 0 Å². The average Bonchev–Trinajstić information content (AvgIpc) is 2.34. The Morgan fingerprint density at radius 2 is 2.56 bits per heavy atom. The van der Waals surface area contributed by atoms with Gasteiger partial charge >= 0.3 is 0 Å². The molecule has 0 aliphatic carbocycles. The first kappa shape index (κ1) is 6.65. The minimum atomic E-state index is 0.499. The number of aromatic nitrogens is 1. The van der Waals surface area contributed by atoms with Gasteiger partial charge in [0.15, 0.2) is 0 Å². The molecule has 0 atom stereocenters. The molecule has 0 aliphatic heterocycles. The van der Waals surface area contributed by atoms with Crippen LogP contribution in [0.4, 0.5) is 0 Å². The summed E-state index contributed by atoms with van der Waals surface area (Å²) in [6, 6.07) is 4.48. The van der Waals surface area contributed by atoms with Gasteiger partial charge in [0.05, 0.1) is 6.00 Å². The first-order valence-corrected chi connectivity index (χ1v) is 3.36. The summed E-state index contributed by atoms with van der Waals surface area (Å²) in [5.41, 5.74) is 1.16. The molecule has 0 unspecified atom stereocenters. The van der Waals surface area contributed by atoms with Gasteiger partial charge in [-0.2, -0.15) is 0 Å². The Morgan fingerprint density at radius 1 is 1.67 bits per heavy atom. The van der Waals surface area contributed by atoms with E-state index < -0.39 is 0 Å². The first-order chi connectivity index (χ1) is 4.43. The zero-order valence-electron chi connectivity index (χ0n) is 5.02. The molecule has 1 aromatic heterocycles. The minimum Gasteiger partial charge on any atom is -0.364 e. The number of alkyl halides is 1. The lowest BCUT2D eigenvalue weighted by molar-refractivity contribution is 0.773. The van der Waals surface area contributed by atoms with Crippen LogP contribution in [0, 0.1) is 0 Å². The summed E-state index contributed by atoms with van der Waals surface area (Å²) in [6.07, 6.45) is 1.89. The van der Waals surface area contributed by atoms with E-state index in [0.717, 1.165) is 12.2 Å². The van der Waals surface area contributed by atoms with Crippen molar-refractivity contribution in [2.75, 3.05) is 6.00 Å². The van der Waals surface area contributed by atoms with E-state index in [1.807, 2.05) is 18.3 Å². The second kappa shape index (κ2) is 3.54. The zero-order chi connectivity index (χ0) is 6.53. The van der Waals surface area contributed by atoms with E-state index in [9.17, 15) is 0 Å². The van der Waals surface area contributed by atoms with Crippen molar-refractivity contribution in [3.8, 4) is 0 Å². The van der Waals surface area contributed by atoms with Crippen LogP contribution in [0.3, 0.4) is 0 Å². The maximum atomic E-state index is 5.39. The Hall–Kier alpha value is -0.470. The van der Waals surface area contributed by atoms with Gasteiger partial charge in [0.2, 0.25) is 0 Å². The van der Waals surface area contributed by atoms with Gasteiger partial charge in [0.1, 0.15) is 0 Å². The number of halogens is 1. The van der Waals surface area contributed by atoms with Crippen molar-refractivity contribution in [3.05, 3.63) is 24.0 Å². The average molecular weight is 145 g/mol. The molecule has 1 heterocycles. The molecule has 3 heteroatoms. The van der Waals surface area contributed by atoms with Crippen molar-refractivity contribution in [2.24, 2.45) is 0 Å². The first-order valence-electron chi connectivity index (χ1n) is 2.82. The maximum absolute atomic E-state index is 5.39. The van der Waals surface area contributed by atoms with Crippen LogP contribution in [-0.4, -0.2) is 11.0 Å². The molecule has 0 bridgehead atoms. The maximum Gasteiger partial charge on any atom is 0.0716 e. The number of rotatable bonds is 3. The van der Waals surface area contributed by atoms with Crippen molar-refractivity contribution in [1.82, 2.24) is 10.3 Å². The van der Waals surface area contributed by atoms with Gasteiger partial charge in [-0.25, -0.2) is 0 Å². The Labute approximate surface area is 59.2 Å². The monoisotopic (exact) mass is 144 g/mol. The van der Waals surface area contributed by atoms with Crippen molar-refractivity contribution >= 4 is 11.6 Å². The molecular formula is C6H9ClN2. The van der Waals surface area contributed by atoms with E-state index in [1.54, 1.807) is 0 Å². The highest BCUT2D eigenvalue weighted by Gasteiger charge is 1.87. The molecule has 0 amide bonds. The standard InChI is InChI=1S/C6H9ClN2/c7-5-8-4-6-2-1-3-9-6/h1-3,8-9H,4-5H2. The third kappa shape index (κ3) is 2.08. The van der Waals surface area contributed by atoms with E-state index in [2.05, 4.69) is 10.3 Å². The number of aromatic amines is 1. The summed E-state index contributed by atoms with van der Waals surface area (Å²) in [4.78, 5) is 3.05. The Morgan fingerprint density at radius 3 is 3.11 bits per heavy atom. The van der Waals surface area contributed by atoms with Crippen LogP contribution >= 0.6 is 11.6 Å². The zero-order valence-corrected chi connectivity index (χ0v) is 5.78. The van der Waals surface area contributed by atoms with E-state index in [4.69, 9.17) is 11.6 Å². The molecule has 0 aliphatic rings. The molecule has 9 heavy (non-hydrogen) atoms. The number of hydrogen-bond acceptors (Lipinski definition) is 1. The van der Waals surface area contributed by atoms with Gasteiger partial charge in [-0.05, 0) is 12.1 Å². The molecule has 1 rings (SSSR count). The lowest BCUT2D eigenvalue weighted by Gasteiger charge is -1.94. The molecular weight excluding hydrogens is 136 g/mol. The molecule has 2 nitrogen and oxygen atoms in total. The highest BCUT2D eigenvalue weighted by atomic mass is 35.5. The van der Waals surface area contributed by atoms with Gasteiger partial charge in [-0.1, -0.05) is 0 Å². The smallest absolute Gasteiger partial charge is 0.0716 e. The molecule has 0 saturated heterocycles. The van der Waals surface area contributed by atoms with Gasteiger partial charge in [-0.15, -0.1) is 11.6 Å². The van der Waals surface area contributed by atoms with Gasteiger partial charge in [0, 0.05) is 18.4 Å². The quantitative estimate of drug-likeness (QED) is 0.486. The SMILES string of the molecule is ClCNCc1ccc[nH]1. The summed E-state index contributed by atoms with van der Waals surface area (Å²) < 4.78 is 0. The summed E-state index contributed by atoms with van der Waals surface area (Å²) in [7, 11) is 0. The molecule has 0 spiro atoms. The second-order valence-corrected chi connectivity index (χ2v) is 2.02. The van der Waals surface area contributed by atoms with Crippen LogP contribution < -0.4 is 5.32 Å². The summed E-state index contributed by atoms with van der Waals surface area (Å²) >= 11 is 5.39. The minimum absolute atomic E-state index is 0.499. The number of nitrogens with one attached hydrogen (secondary N) is 2. The van der Waals surface area contributed by atoms with Gasteiger partial charge in [0.25, 0.3) is 0 Å². The fraction of sp³-hybridized carbons (Fsp3) is 0.333. The van der Waals surface area contributed by atoms with Crippen molar-refractivity contribution < 1.29 is 0 Å². The van der Waals surface area contributed by atoms with Crippen LogP contribution in [0.1, 0.15) is 5.69 Å². The van der Waals surface area contributed by atoms with Crippen molar-refractivity contribution in [3.63, 3.8) is 0 Å². The molecule has 50 valence electrons. The highest BCUT2D eigenvalue weighted by molar-refractivity contribution is 6.17. The lowest BCUT2D eigenvalue weighted by atomic mass is 10.4. The van der Waals surface area contributed by atoms with E-state index in [-0.39, 0.29) is 0 Å². The van der Waals surface area contributed by atoms with Crippen LogP contribution in [0.15, 0.2) is 18.3 Å². The van der Waals surface area contributed by atoms with E-state index in [1.165, 1.54) is 0 Å². The highest BCUT2D eigenvalue weighted by Crippen LogP contribution is 1.91. The molecule has 0 fully saturated rings. The predicted molar refractivity (Wildman–Crippen MR) is 38.4 cm³/mol. The Kier molecular flexibility index (Phi) is 2.61. The Bertz CT molecular complexity index is 148. The summed E-state index contributed by atoms with van der Waals surface area (Å²) in [5.74, 6) is 0.